The fourth-order valence-corrected chi connectivity index (χ4v) is 0.630. The number of nitrogens with one attached hydrogen (secondary N) is 1. The first-order valence-corrected chi connectivity index (χ1v) is 3.73. The van der Waals surface area contributed by atoms with E-state index in [1.165, 1.54) is 7.11 Å². The Morgan fingerprint density at radius 1 is 1.67 bits per heavy atom. The van der Waals surface area contributed by atoms with Crippen molar-refractivity contribution in [2.75, 3.05) is 20.7 Å². The minimum Gasteiger partial charge on any atom is -0.469 e. The van der Waals surface area contributed by atoms with Crippen molar-refractivity contribution < 1.29 is 9.53 Å². The number of hydrogen-bond donors (Lipinski definition) is 2. The highest BCUT2D eigenvalue weighted by molar-refractivity contribution is 5.77. The molecule has 3 N–H and O–H groups in total. The van der Waals surface area contributed by atoms with Crippen LogP contribution in [0.2, 0.25) is 0 Å². The Balaban J connectivity index is 3.27. The van der Waals surface area contributed by atoms with Gasteiger partial charge < -0.3 is 15.8 Å². The molecule has 0 atom stereocenters. The number of aliphatic imine (C=N–C) groups is 1. The van der Waals surface area contributed by atoms with Crippen molar-refractivity contribution in [3.8, 4) is 0 Å². The number of guanidine groups is 1. The molecule has 12 heavy (non-hydrogen) atoms. The maximum absolute atomic E-state index is 10.6. The number of methoxy groups -OCH3 is 1. The second-order valence-electron chi connectivity index (χ2n) is 2.22. The number of esters is 1. The summed E-state index contributed by atoms with van der Waals surface area (Å²) in [6, 6.07) is 0. The molecule has 0 radical (unpaired) electrons. The van der Waals surface area contributed by atoms with Crippen LogP contribution in [0.5, 0.6) is 0 Å². The van der Waals surface area contributed by atoms with Gasteiger partial charge in [0.25, 0.3) is 0 Å². The van der Waals surface area contributed by atoms with Crippen molar-refractivity contribution in [1.82, 2.24) is 5.32 Å². The lowest BCUT2D eigenvalue weighted by atomic mass is 10.3. The van der Waals surface area contributed by atoms with E-state index in [1.807, 2.05) is 0 Å². The standard InChI is InChI=1S/C7H15N3O2/c1-9-7(8)10-5-3-4-6(11)12-2/h3-5H2,1-2H3,(H3,8,9,10). The summed E-state index contributed by atoms with van der Waals surface area (Å²) in [5.41, 5.74) is 5.35. The highest BCUT2D eigenvalue weighted by atomic mass is 16.5. The second-order valence-corrected chi connectivity index (χ2v) is 2.22. The molecule has 0 aliphatic heterocycles. The average molecular weight is 173 g/mol. The molecule has 0 aliphatic carbocycles. The summed E-state index contributed by atoms with van der Waals surface area (Å²) in [6.07, 6.45) is 1.10. The molecule has 0 spiro atoms. The number of rotatable bonds is 4. The summed E-state index contributed by atoms with van der Waals surface area (Å²) in [6.45, 7) is 0.637. The molecule has 0 saturated carbocycles. The molecular formula is C7H15N3O2. The van der Waals surface area contributed by atoms with Crippen molar-refractivity contribution in [1.29, 1.82) is 0 Å². The van der Waals surface area contributed by atoms with Gasteiger partial charge in [0, 0.05) is 20.0 Å². The molecule has 0 saturated heterocycles. The maximum atomic E-state index is 10.6. The molecular weight excluding hydrogens is 158 g/mol. The summed E-state index contributed by atoms with van der Waals surface area (Å²) in [5.74, 6) is 0.184. The SMILES string of the molecule is CN=C(N)NCCCC(=O)OC. The first-order valence-electron chi connectivity index (χ1n) is 3.73. The number of carbonyl (C=O) groups is 1. The van der Waals surface area contributed by atoms with E-state index in [1.54, 1.807) is 7.05 Å². The van der Waals surface area contributed by atoms with Crippen molar-refractivity contribution >= 4 is 11.9 Å². The molecule has 0 aromatic carbocycles. The molecule has 0 aromatic heterocycles. The second kappa shape index (κ2) is 6.45. The van der Waals surface area contributed by atoms with E-state index in [-0.39, 0.29) is 5.97 Å². The van der Waals surface area contributed by atoms with Gasteiger partial charge in [0.2, 0.25) is 0 Å². The first kappa shape index (κ1) is 10.7. The minimum absolute atomic E-state index is 0.205. The molecule has 0 rings (SSSR count). The van der Waals surface area contributed by atoms with Crippen molar-refractivity contribution in [3.63, 3.8) is 0 Å². The predicted octanol–water partition coefficient (Wildman–Crippen LogP) is -0.526. The van der Waals surface area contributed by atoms with Crippen LogP contribution >= 0.6 is 0 Å². The lowest BCUT2D eigenvalue weighted by molar-refractivity contribution is -0.140. The van der Waals surface area contributed by atoms with E-state index in [0.29, 0.717) is 25.3 Å². The quantitative estimate of drug-likeness (QED) is 0.259. The molecule has 5 heteroatoms. The van der Waals surface area contributed by atoms with Crippen LogP contribution in [0.25, 0.3) is 0 Å². The van der Waals surface area contributed by atoms with Crippen molar-refractivity contribution in [2.24, 2.45) is 10.7 Å². The smallest absolute Gasteiger partial charge is 0.305 e. The third kappa shape index (κ3) is 5.52. The van der Waals surface area contributed by atoms with Crippen LogP contribution in [0, 0.1) is 0 Å². The van der Waals surface area contributed by atoms with Crippen LogP contribution in [0.15, 0.2) is 4.99 Å². The van der Waals surface area contributed by atoms with Gasteiger partial charge in [0.1, 0.15) is 0 Å². The summed E-state index contributed by atoms with van der Waals surface area (Å²) in [4.78, 5) is 14.3. The van der Waals surface area contributed by atoms with E-state index < -0.39 is 0 Å². The number of ether oxygens (including phenoxy) is 1. The van der Waals surface area contributed by atoms with Crippen LogP contribution in [0.3, 0.4) is 0 Å². The van der Waals surface area contributed by atoms with Gasteiger partial charge in [-0.15, -0.1) is 0 Å². The Hall–Kier alpha value is -1.26. The number of hydrogen-bond acceptors (Lipinski definition) is 3. The molecule has 0 aliphatic rings. The van der Waals surface area contributed by atoms with Gasteiger partial charge in [-0.2, -0.15) is 0 Å². The largest absolute Gasteiger partial charge is 0.469 e. The number of nitrogens with two attached hydrogens (primary N) is 1. The molecule has 0 bridgehead atoms. The normalized spacial score (nSPS) is 11.0. The zero-order valence-electron chi connectivity index (χ0n) is 7.46. The topological polar surface area (TPSA) is 76.7 Å². The van der Waals surface area contributed by atoms with Gasteiger partial charge in [-0.3, -0.25) is 9.79 Å². The van der Waals surface area contributed by atoms with E-state index in [2.05, 4.69) is 15.0 Å². The van der Waals surface area contributed by atoms with Crippen LogP contribution in [0.1, 0.15) is 12.8 Å². The van der Waals surface area contributed by atoms with Gasteiger partial charge in [-0.1, -0.05) is 0 Å². The molecule has 0 aromatic rings. The van der Waals surface area contributed by atoms with E-state index >= 15 is 0 Å². The highest BCUT2D eigenvalue weighted by Gasteiger charge is 1.98. The third-order valence-electron chi connectivity index (χ3n) is 1.33. The summed E-state index contributed by atoms with van der Waals surface area (Å²) in [5, 5.41) is 2.83. The Kier molecular flexibility index (Phi) is 5.77. The molecule has 0 heterocycles. The van der Waals surface area contributed by atoms with E-state index in [0.717, 1.165) is 0 Å². The van der Waals surface area contributed by atoms with Gasteiger partial charge in [-0.25, -0.2) is 0 Å². The summed E-state index contributed by atoms with van der Waals surface area (Å²) < 4.78 is 4.46. The van der Waals surface area contributed by atoms with Crippen LogP contribution in [-0.2, 0) is 9.53 Å². The maximum Gasteiger partial charge on any atom is 0.305 e. The van der Waals surface area contributed by atoms with Crippen molar-refractivity contribution in [3.05, 3.63) is 0 Å². The third-order valence-corrected chi connectivity index (χ3v) is 1.33. The monoisotopic (exact) mass is 173 g/mol. The predicted molar refractivity (Wildman–Crippen MR) is 46.8 cm³/mol. The Labute approximate surface area is 72.0 Å². The molecule has 0 unspecified atom stereocenters. The number of nitrogens with zero attached hydrogens (tertiary/aromatic N) is 1. The minimum atomic E-state index is -0.205. The van der Waals surface area contributed by atoms with Crippen molar-refractivity contribution in [2.45, 2.75) is 12.8 Å². The molecule has 0 fully saturated rings. The van der Waals surface area contributed by atoms with Crippen LogP contribution < -0.4 is 11.1 Å². The number of carbonyl (C=O) groups excluding carboxylic acids is 1. The molecule has 5 nitrogen and oxygen atoms in total. The highest BCUT2D eigenvalue weighted by Crippen LogP contribution is 1.88. The Morgan fingerprint density at radius 3 is 2.83 bits per heavy atom. The van der Waals surface area contributed by atoms with E-state index in [9.17, 15) is 4.79 Å². The van der Waals surface area contributed by atoms with Gasteiger partial charge in [-0.05, 0) is 6.42 Å². The fraction of sp³-hybridized carbons (Fsp3) is 0.714. The van der Waals surface area contributed by atoms with Crippen LogP contribution in [0.4, 0.5) is 0 Å². The van der Waals surface area contributed by atoms with Gasteiger partial charge >= 0.3 is 5.97 Å². The van der Waals surface area contributed by atoms with Crippen LogP contribution in [-0.4, -0.2) is 32.6 Å². The lowest BCUT2D eigenvalue weighted by Gasteiger charge is -2.02. The first-order chi connectivity index (χ1) is 5.70. The Morgan fingerprint density at radius 2 is 2.33 bits per heavy atom. The van der Waals surface area contributed by atoms with E-state index in [4.69, 9.17) is 5.73 Å². The summed E-state index contributed by atoms with van der Waals surface area (Å²) >= 11 is 0. The van der Waals surface area contributed by atoms with Gasteiger partial charge in [0.15, 0.2) is 5.96 Å². The fourth-order valence-electron chi connectivity index (χ4n) is 0.630. The summed E-state index contributed by atoms with van der Waals surface area (Å²) in [7, 11) is 2.97. The Bertz CT molecular complexity index is 168. The molecule has 70 valence electrons. The van der Waals surface area contributed by atoms with Gasteiger partial charge in [0.05, 0.1) is 7.11 Å². The zero-order valence-corrected chi connectivity index (χ0v) is 7.46. The molecule has 0 amide bonds. The average Bonchev–Trinajstić information content (AvgIpc) is 2.11. The lowest BCUT2D eigenvalue weighted by Crippen LogP contribution is -2.32. The zero-order chi connectivity index (χ0) is 9.40.